The molecule has 0 fully saturated rings. The van der Waals surface area contributed by atoms with E-state index in [-0.39, 0.29) is 16.0 Å². The Hall–Kier alpha value is -1.43. The van der Waals surface area contributed by atoms with Crippen molar-refractivity contribution in [2.45, 2.75) is 17.7 Å². The van der Waals surface area contributed by atoms with Gasteiger partial charge in [0.05, 0.1) is 0 Å². The van der Waals surface area contributed by atoms with Gasteiger partial charge in [0.25, 0.3) is 0 Å². The van der Waals surface area contributed by atoms with E-state index in [9.17, 15) is 8.42 Å². The molecule has 1 atom stereocenters. The second kappa shape index (κ2) is 6.35. The maximum Gasteiger partial charge on any atom is 0.242 e. The number of hydrogen-bond donors (Lipinski definition) is 1. The van der Waals surface area contributed by atoms with Gasteiger partial charge in [-0.1, -0.05) is 48.9 Å². The number of aromatic nitrogens is 1. The van der Waals surface area contributed by atoms with Crippen LogP contribution in [0.4, 0.5) is 0 Å². The van der Waals surface area contributed by atoms with Crippen LogP contribution < -0.4 is 4.72 Å². The Morgan fingerprint density at radius 3 is 2.50 bits per heavy atom. The Kier molecular flexibility index (Phi) is 4.75. The molecule has 1 heterocycles. The summed E-state index contributed by atoms with van der Waals surface area (Å²) in [5.74, 6) is 0.0891. The molecule has 20 heavy (non-hydrogen) atoms. The van der Waals surface area contributed by atoms with Crippen LogP contribution in [0.1, 0.15) is 18.4 Å². The standard InChI is InChI=1S/C14H15ClN2O2S/c1-11(12-5-3-2-4-6-12)9-17-20(18,19)13-7-8-14(15)16-10-13/h2-8,10-11,17H,9H2,1H3. The van der Waals surface area contributed by atoms with E-state index in [1.807, 2.05) is 37.3 Å². The predicted molar refractivity (Wildman–Crippen MR) is 79.3 cm³/mol. The summed E-state index contributed by atoms with van der Waals surface area (Å²) in [6, 6.07) is 12.6. The first-order chi connectivity index (χ1) is 9.49. The van der Waals surface area contributed by atoms with Crippen LogP contribution in [0, 0.1) is 0 Å². The van der Waals surface area contributed by atoms with Crippen molar-refractivity contribution in [1.82, 2.24) is 9.71 Å². The van der Waals surface area contributed by atoms with Gasteiger partial charge in [-0.15, -0.1) is 0 Å². The van der Waals surface area contributed by atoms with Gasteiger partial charge in [-0.3, -0.25) is 0 Å². The molecule has 4 nitrogen and oxygen atoms in total. The van der Waals surface area contributed by atoms with Gasteiger partial charge in [-0.05, 0) is 23.6 Å². The van der Waals surface area contributed by atoms with Crippen molar-refractivity contribution in [2.24, 2.45) is 0 Å². The van der Waals surface area contributed by atoms with Gasteiger partial charge in [0.1, 0.15) is 10.0 Å². The molecule has 0 aliphatic heterocycles. The van der Waals surface area contributed by atoms with E-state index in [2.05, 4.69) is 9.71 Å². The van der Waals surface area contributed by atoms with Gasteiger partial charge < -0.3 is 0 Å². The highest BCUT2D eigenvalue weighted by atomic mass is 35.5. The largest absolute Gasteiger partial charge is 0.243 e. The Bertz CT molecular complexity index is 657. The second-order valence-corrected chi connectivity index (χ2v) is 6.63. The third kappa shape index (κ3) is 3.79. The molecule has 0 spiro atoms. The van der Waals surface area contributed by atoms with Crippen molar-refractivity contribution in [1.29, 1.82) is 0 Å². The summed E-state index contributed by atoms with van der Waals surface area (Å²) in [6.45, 7) is 2.30. The maximum absolute atomic E-state index is 12.1. The van der Waals surface area contributed by atoms with E-state index >= 15 is 0 Å². The number of hydrogen-bond acceptors (Lipinski definition) is 3. The number of benzene rings is 1. The highest BCUT2D eigenvalue weighted by molar-refractivity contribution is 7.89. The first-order valence-electron chi connectivity index (χ1n) is 6.15. The lowest BCUT2D eigenvalue weighted by Crippen LogP contribution is -2.27. The Balaban J connectivity index is 2.04. The molecule has 6 heteroatoms. The second-order valence-electron chi connectivity index (χ2n) is 4.48. The van der Waals surface area contributed by atoms with Crippen LogP contribution in [0.5, 0.6) is 0 Å². The Morgan fingerprint density at radius 1 is 1.20 bits per heavy atom. The summed E-state index contributed by atoms with van der Waals surface area (Å²) in [4.78, 5) is 3.89. The van der Waals surface area contributed by atoms with Crippen LogP contribution in [0.15, 0.2) is 53.6 Å². The zero-order valence-electron chi connectivity index (χ0n) is 11.0. The summed E-state index contributed by atoms with van der Waals surface area (Å²) >= 11 is 5.64. The minimum Gasteiger partial charge on any atom is -0.243 e. The molecule has 0 saturated carbocycles. The number of pyridine rings is 1. The molecule has 0 saturated heterocycles. The monoisotopic (exact) mass is 310 g/mol. The molecule has 0 radical (unpaired) electrons. The fourth-order valence-corrected chi connectivity index (χ4v) is 2.93. The molecule has 0 aliphatic rings. The average Bonchev–Trinajstić information content (AvgIpc) is 2.46. The van der Waals surface area contributed by atoms with Crippen LogP contribution in [-0.4, -0.2) is 19.9 Å². The quantitative estimate of drug-likeness (QED) is 0.864. The van der Waals surface area contributed by atoms with Crippen LogP contribution in [-0.2, 0) is 10.0 Å². The van der Waals surface area contributed by atoms with Crippen LogP contribution in [0.25, 0.3) is 0 Å². The lowest BCUT2D eigenvalue weighted by Gasteiger charge is -2.13. The third-order valence-corrected chi connectivity index (χ3v) is 4.59. The molecule has 1 aromatic heterocycles. The number of rotatable bonds is 5. The predicted octanol–water partition coefficient (Wildman–Crippen LogP) is 2.82. The van der Waals surface area contributed by atoms with Gasteiger partial charge >= 0.3 is 0 Å². The minimum absolute atomic E-state index is 0.0891. The third-order valence-electron chi connectivity index (χ3n) is 2.96. The van der Waals surface area contributed by atoms with E-state index in [4.69, 9.17) is 11.6 Å². The van der Waals surface area contributed by atoms with Gasteiger partial charge in [-0.2, -0.15) is 0 Å². The van der Waals surface area contributed by atoms with Crippen molar-refractivity contribution < 1.29 is 8.42 Å². The van der Waals surface area contributed by atoms with E-state index in [0.717, 1.165) is 5.56 Å². The lowest BCUT2D eigenvalue weighted by molar-refractivity contribution is 0.574. The van der Waals surface area contributed by atoms with E-state index in [1.165, 1.54) is 18.3 Å². The normalized spacial score (nSPS) is 13.1. The molecule has 2 rings (SSSR count). The molecule has 2 aromatic rings. The highest BCUT2D eigenvalue weighted by Crippen LogP contribution is 2.15. The zero-order chi connectivity index (χ0) is 14.6. The van der Waals surface area contributed by atoms with E-state index < -0.39 is 10.0 Å². The molecule has 1 N–H and O–H groups in total. The van der Waals surface area contributed by atoms with Crippen molar-refractivity contribution in [3.05, 3.63) is 59.4 Å². The molecule has 0 bridgehead atoms. The Morgan fingerprint density at radius 2 is 1.90 bits per heavy atom. The van der Waals surface area contributed by atoms with Crippen molar-refractivity contribution in [3.8, 4) is 0 Å². The van der Waals surface area contributed by atoms with Gasteiger partial charge in [0, 0.05) is 12.7 Å². The highest BCUT2D eigenvalue weighted by Gasteiger charge is 2.16. The molecule has 0 amide bonds. The molecule has 1 unspecified atom stereocenters. The fourth-order valence-electron chi connectivity index (χ4n) is 1.74. The van der Waals surface area contributed by atoms with Crippen LogP contribution in [0.2, 0.25) is 5.15 Å². The summed E-state index contributed by atoms with van der Waals surface area (Å²) in [5, 5.41) is 0.265. The number of nitrogens with zero attached hydrogens (tertiary/aromatic N) is 1. The van der Waals surface area contributed by atoms with Crippen LogP contribution in [0.3, 0.4) is 0 Å². The van der Waals surface area contributed by atoms with Crippen molar-refractivity contribution >= 4 is 21.6 Å². The number of halogens is 1. The minimum atomic E-state index is -3.55. The first-order valence-corrected chi connectivity index (χ1v) is 8.01. The van der Waals surface area contributed by atoms with E-state index in [0.29, 0.717) is 6.54 Å². The number of nitrogens with one attached hydrogen (secondary N) is 1. The lowest BCUT2D eigenvalue weighted by atomic mass is 10.0. The van der Waals surface area contributed by atoms with Crippen molar-refractivity contribution in [3.63, 3.8) is 0 Å². The molecule has 106 valence electrons. The van der Waals surface area contributed by atoms with Crippen molar-refractivity contribution in [2.75, 3.05) is 6.54 Å². The summed E-state index contributed by atoms with van der Waals surface area (Å²) < 4.78 is 26.8. The maximum atomic E-state index is 12.1. The van der Waals surface area contributed by atoms with E-state index in [1.54, 1.807) is 0 Å². The summed E-state index contributed by atoms with van der Waals surface area (Å²) in [5.41, 5.74) is 1.09. The van der Waals surface area contributed by atoms with Gasteiger partial charge in [0.15, 0.2) is 0 Å². The van der Waals surface area contributed by atoms with Gasteiger partial charge in [0.2, 0.25) is 10.0 Å². The molecular weight excluding hydrogens is 296 g/mol. The fraction of sp³-hybridized carbons (Fsp3) is 0.214. The van der Waals surface area contributed by atoms with Crippen LogP contribution >= 0.6 is 11.6 Å². The molecular formula is C14H15ClN2O2S. The summed E-state index contributed by atoms with van der Waals surface area (Å²) in [6.07, 6.45) is 1.25. The number of sulfonamides is 1. The Labute approximate surface area is 123 Å². The topological polar surface area (TPSA) is 59.1 Å². The average molecular weight is 311 g/mol. The smallest absolute Gasteiger partial charge is 0.242 e. The first kappa shape index (κ1) is 15.0. The zero-order valence-corrected chi connectivity index (χ0v) is 12.5. The SMILES string of the molecule is CC(CNS(=O)(=O)c1ccc(Cl)nc1)c1ccccc1. The molecule has 0 aliphatic carbocycles. The van der Waals surface area contributed by atoms with Gasteiger partial charge in [-0.25, -0.2) is 18.1 Å². The molecule has 1 aromatic carbocycles. The summed E-state index contributed by atoms with van der Waals surface area (Å²) in [7, 11) is -3.55.